The number of aromatic nitrogens is 2. The van der Waals surface area contributed by atoms with Gasteiger partial charge in [-0.3, -0.25) is 0 Å². The molecule has 1 aromatic heterocycles. The van der Waals surface area contributed by atoms with Crippen LogP contribution in [0, 0.1) is 6.92 Å². The summed E-state index contributed by atoms with van der Waals surface area (Å²) in [4.78, 5) is 4.12. The van der Waals surface area contributed by atoms with E-state index in [1.807, 2.05) is 0 Å². The van der Waals surface area contributed by atoms with Crippen LogP contribution in [0.1, 0.15) is 17.2 Å². The molecule has 17 heavy (non-hydrogen) atoms. The molecule has 1 N–H and O–H groups in total. The average Bonchev–Trinajstić information content (AvgIpc) is 2.55. The number of aryl methyl sites for hydroxylation is 1. The second-order valence-electron chi connectivity index (χ2n) is 4.13. The summed E-state index contributed by atoms with van der Waals surface area (Å²) in [6, 6.07) is 0. The minimum Gasteiger partial charge on any atom is -0.326 e. The maximum Gasteiger partial charge on any atom is 0.324 e. The Labute approximate surface area is 95.8 Å². The summed E-state index contributed by atoms with van der Waals surface area (Å²) < 4.78 is 51.6. The minimum atomic E-state index is -4.01. The number of alkyl halides is 4. The Morgan fingerprint density at radius 2 is 2.18 bits per heavy atom. The predicted molar refractivity (Wildman–Crippen MR) is 53.3 cm³/mol. The van der Waals surface area contributed by atoms with E-state index in [1.165, 1.54) is 4.57 Å². The Morgan fingerprint density at radius 1 is 1.47 bits per heavy atom. The van der Waals surface area contributed by atoms with Crippen molar-refractivity contribution in [1.82, 2.24) is 14.9 Å². The van der Waals surface area contributed by atoms with Gasteiger partial charge in [0.2, 0.25) is 0 Å². The number of rotatable bonds is 3. The van der Waals surface area contributed by atoms with Crippen molar-refractivity contribution in [2.75, 3.05) is 6.54 Å². The van der Waals surface area contributed by atoms with E-state index in [2.05, 4.69) is 10.3 Å². The first-order valence-corrected chi connectivity index (χ1v) is 5.33. The fraction of sp³-hybridized carbons (Fsp3) is 0.700. The molecule has 1 aliphatic rings. The van der Waals surface area contributed by atoms with Crippen LogP contribution in [0.3, 0.4) is 0 Å². The van der Waals surface area contributed by atoms with Crippen LogP contribution in [0.15, 0.2) is 0 Å². The van der Waals surface area contributed by atoms with Gasteiger partial charge in [0.15, 0.2) is 0 Å². The SMILES string of the molecule is Cc1nc2c(n1CC(F)(F)C(F)F)CCNC2. The van der Waals surface area contributed by atoms with Crippen LogP contribution in [-0.2, 0) is 19.5 Å². The molecule has 3 nitrogen and oxygen atoms in total. The highest BCUT2D eigenvalue weighted by molar-refractivity contribution is 5.20. The van der Waals surface area contributed by atoms with E-state index < -0.39 is 18.9 Å². The fourth-order valence-corrected chi connectivity index (χ4v) is 2.00. The van der Waals surface area contributed by atoms with Crippen molar-refractivity contribution in [2.45, 2.75) is 38.8 Å². The van der Waals surface area contributed by atoms with Crippen molar-refractivity contribution in [1.29, 1.82) is 0 Å². The molecule has 2 heterocycles. The fourth-order valence-electron chi connectivity index (χ4n) is 2.00. The Kier molecular flexibility index (Phi) is 3.11. The first-order chi connectivity index (χ1) is 7.92. The maximum absolute atomic E-state index is 13.0. The number of fused-ring (bicyclic) bond motifs is 1. The number of nitrogens with zero attached hydrogens (tertiary/aromatic N) is 2. The van der Waals surface area contributed by atoms with Gasteiger partial charge in [-0.15, -0.1) is 0 Å². The molecule has 0 fully saturated rings. The molecule has 2 rings (SSSR count). The molecule has 0 bridgehead atoms. The molecular formula is C10H13F4N3. The lowest BCUT2D eigenvalue weighted by atomic mass is 10.2. The van der Waals surface area contributed by atoms with Gasteiger partial charge in [0.05, 0.1) is 12.2 Å². The zero-order valence-electron chi connectivity index (χ0n) is 9.31. The summed E-state index contributed by atoms with van der Waals surface area (Å²) in [5, 5.41) is 3.06. The normalized spacial score (nSPS) is 16.4. The molecule has 0 amide bonds. The van der Waals surface area contributed by atoms with Gasteiger partial charge in [-0.1, -0.05) is 0 Å². The molecule has 0 aliphatic carbocycles. The lowest BCUT2D eigenvalue weighted by Crippen LogP contribution is -2.34. The van der Waals surface area contributed by atoms with E-state index in [-0.39, 0.29) is 0 Å². The van der Waals surface area contributed by atoms with Gasteiger partial charge in [0.1, 0.15) is 5.82 Å². The van der Waals surface area contributed by atoms with E-state index in [9.17, 15) is 17.6 Å². The molecule has 1 aliphatic heterocycles. The topological polar surface area (TPSA) is 29.9 Å². The van der Waals surface area contributed by atoms with Crippen molar-refractivity contribution in [3.8, 4) is 0 Å². The summed E-state index contributed by atoms with van der Waals surface area (Å²) in [6.07, 6.45) is -3.11. The van der Waals surface area contributed by atoms with Crippen LogP contribution >= 0.6 is 0 Å². The quantitative estimate of drug-likeness (QED) is 0.829. The van der Waals surface area contributed by atoms with E-state index in [0.717, 1.165) is 0 Å². The smallest absolute Gasteiger partial charge is 0.324 e. The average molecular weight is 251 g/mol. The lowest BCUT2D eigenvalue weighted by molar-refractivity contribution is -0.138. The van der Waals surface area contributed by atoms with Crippen LogP contribution in [0.25, 0.3) is 0 Å². The van der Waals surface area contributed by atoms with E-state index in [1.54, 1.807) is 6.92 Å². The third-order valence-electron chi connectivity index (χ3n) is 2.87. The summed E-state index contributed by atoms with van der Waals surface area (Å²) in [6.45, 7) is 1.71. The summed E-state index contributed by atoms with van der Waals surface area (Å²) in [5.74, 6) is -3.65. The Morgan fingerprint density at radius 3 is 2.82 bits per heavy atom. The third-order valence-corrected chi connectivity index (χ3v) is 2.87. The Hall–Kier alpha value is -1.11. The molecule has 0 saturated heterocycles. The molecular weight excluding hydrogens is 238 g/mol. The molecule has 0 aromatic carbocycles. The van der Waals surface area contributed by atoms with Crippen LogP contribution in [0.4, 0.5) is 17.6 Å². The zero-order chi connectivity index (χ0) is 12.6. The molecule has 0 saturated carbocycles. The molecule has 1 aromatic rings. The number of hydrogen-bond acceptors (Lipinski definition) is 2. The van der Waals surface area contributed by atoms with Crippen molar-refractivity contribution < 1.29 is 17.6 Å². The standard InChI is InChI=1S/C10H13F4N3/c1-6-16-7-4-15-3-2-8(7)17(6)5-10(13,14)9(11)12/h9,15H,2-5H2,1H3. The van der Waals surface area contributed by atoms with Gasteiger partial charge in [0.25, 0.3) is 0 Å². The summed E-state index contributed by atoms with van der Waals surface area (Å²) >= 11 is 0. The molecule has 0 atom stereocenters. The van der Waals surface area contributed by atoms with Crippen LogP contribution in [0.2, 0.25) is 0 Å². The zero-order valence-corrected chi connectivity index (χ0v) is 9.31. The first kappa shape index (κ1) is 12.3. The number of halogens is 4. The van der Waals surface area contributed by atoms with Crippen molar-refractivity contribution >= 4 is 0 Å². The molecule has 0 spiro atoms. The molecule has 0 unspecified atom stereocenters. The second kappa shape index (κ2) is 4.29. The van der Waals surface area contributed by atoms with Gasteiger partial charge in [-0.05, 0) is 6.92 Å². The van der Waals surface area contributed by atoms with Gasteiger partial charge < -0.3 is 9.88 Å². The molecule has 0 radical (unpaired) electrons. The van der Waals surface area contributed by atoms with E-state index in [0.29, 0.717) is 36.7 Å². The van der Waals surface area contributed by atoms with E-state index in [4.69, 9.17) is 0 Å². The second-order valence-corrected chi connectivity index (χ2v) is 4.13. The first-order valence-electron chi connectivity index (χ1n) is 5.33. The van der Waals surface area contributed by atoms with Gasteiger partial charge in [-0.2, -0.15) is 8.78 Å². The Bertz CT molecular complexity index is 414. The molecule has 96 valence electrons. The minimum absolute atomic E-state index is 0.360. The summed E-state index contributed by atoms with van der Waals surface area (Å²) in [7, 11) is 0. The highest BCUT2D eigenvalue weighted by Gasteiger charge is 2.42. The van der Waals surface area contributed by atoms with Gasteiger partial charge in [0, 0.05) is 25.2 Å². The number of hydrogen-bond donors (Lipinski definition) is 1. The van der Waals surface area contributed by atoms with Crippen molar-refractivity contribution in [3.63, 3.8) is 0 Å². The highest BCUT2D eigenvalue weighted by Crippen LogP contribution is 2.27. The third kappa shape index (κ3) is 2.29. The monoisotopic (exact) mass is 251 g/mol. The van der Waals surface area contributed by atoms with Crippen LogP contribution in [0.5, 0.6) is 0 Å². The lowest BCUT2D eigenvalue weighted by Gasteiger charge is -2.20. The van der Waals surface area contributed by atoms with Crippen molar-refractivity contribution in [2.24, 2.45) is 0 Å². The van der Waals surface area contributed by atoms with Crippen LogP contribution in [-0.4, -0.2) is 28.4 Å². The van der Waals surface area contributed by atoms with E-state index >= 15 is 0 Å². The molecule has 7 heteroatoms. The number of imidazole rings is 1. The predicted octanol–water partition coefficient (Wildman–Crippen LogP) is 1.74. The summed E-state index contributed by atoms with van der Waals surface area (Å²) in [5.41, 5.74) is 1.32. The Balaban J connectivity index is 2.30. The van der Waals surface area contributed by atoms with Crippen LogP contribution < -0.4 is 5.32 Å². The van der Waals surface area contributed by atoms with Gasteiger partial charge >= 0.3 is 12.3 Å². The number of nitrogens with one attached hydrogen (secondary N) is 1. The maximum atomic E-state index is 13.0. The highest BCUT2D eigenvalue weighted by atomic mass is 19.3. The van der Waals surface area contributed by atoms with Gasteiger partial charge in [-0.25, -0.2) is 13.8 Å². The van der Waals surface area contributed by atoms with Crippen molar-refractivity contribution in [3.05, 3.63) is 17.2 Å². The largest absolute Gasteiger partial charge is 0.326 e.